The molecule has 0 atom stereocenters. The SMILES string of the molecule is CCCc1c(OC)c(=O)c2c(OB3C4CCCC3CCC4)cc(OC)c3c4c(OC)cc(OB5C6CCCC5CCC6)c5c(=O)c(OC)c(CCC)c(c1c23)c54. The van der Waals surface area contributed by atoms with E-state index in [1.807, 2.05) is 12.1 Å². The average Bonchev–Trinajstić information content (AvgIpc) is 3.18. The highest BCUT2D eigenvalue weighted by molar-refractivity contribution is 6.57. The summed E-state index contributed by atoms with van der Waals surface area (Å²) in [7, 11) is 6.56. The summed E-state index contributed by atoms with van der Waals surface area (Å²) in [5, 5.41) is 5.83. The van der Waals surface area contributed by atoms with Gasteiger partial charge in [-0.25, -0.2) is 0 Å². The summed E-state index contributed by atoms with van der Waals surface area (Å²) in [4.78, 5) is 30.2. The van der Waals surface area contributed by atoms with Gasteiger partial charge >= 0.3 is 13.8 Å². The number of benzene rings is 5. The topological polar surface area (TPSA) is 89.5 Å². The van der Waals surface area contributed by atoms with Crippen LogP contribution < -0.4 is 39.1 Å². The fraction of sp³-hybridized carbons (Fsp3) is 0.565. The fourth-order valence-corrected chi connectivity index (χ4v) is 12.1. The van der Waals surface area contributed by atoms with Gasteiger partial charge in [0.2, 0.25) is 10.9 Å². The van der Waals surface area contributed by atoms with E-state index in [1.165, 1.54) is 25.7 Å². The fourth-order valence-electron chi connectivity index (χ4n) is 12.1. The molecule has 5 aromatic carbocycles. The maximum Gasteiger partial charge on any atom is 0.364 e. The van der Waals surface area contributed by atoms with Crippen molar-refractivity contribution in [2.75, 3.05) is 28.4 Å². The van der Waals surface area contributed by atoms with Crippen LogP contribution >= 0.6 is 0 Å². The quantitative estimate of drug-likeness (QED) is 0.0706. The predicted octanol–water partition coefficient (Wildman–Crippen LogP) is 10.8. The van der Waals surface area contributed by atoms with Gasteiger partial charge < -0.3 is 28.3 Å². The molecular weight excluding hydrogens is 702 g/mol. The summed E-state index contributed by atoms with van der Waals surface area (Å²) in [5.74, 6) is 4.76. The lowest BCUT2D eigenvalue weighted by Gasteiger charge is -2.39. The number of aryl methyl sites for hydroxylation is 2. The zero-order chi connectivity index (χ0) is 38.8. The number of hydrogen-bond acceptors (Lipinski definition) is 8. The molecule has 9 rings (SSSR count). The molecule has 4 bridgehead atoms. The summed E-state index contributed by atoms with van der Waals surface area (Å²) in [6.07, 6.45) is 16.8. The zero-order valence-electron chi connectivity index (χ0n) is 34.2. The summed E-state index contributed by atoms with van der Waals surface area (Å²) < 4.78 is 39.4. The summed E-state index contributed by atoms with van der Waals surface area (Å²) in [6.45, 7) is 4.32. The van der Waals surface area contributed by atoms with Gasteiger partial charge in [0.15, 0.2) is 11.5 Å². The summed E-state index contributed by atoms with van der Waals surface area (Å²) >= 11 is 0. The van der Waals surface area contributed by atoms with E-state index in [9.17, 15) is 0 Å². The zero-order valence-corrected chi connectivity index (χ0v) is 34.2. The third-order valence-corrected chi connectivity index (χ3v) is 14.4. The molecule has 10 heteroatoms. The molecule has 0 unspecified atom stereocenters. The lowest BCUT2D eigenvalue weighted by molar-refractivity contribution is 0.379. The molecule has 5 aromatic rings. The molecule has 0 spiro atoms. The molecule has 8 nitrogen and oxygen atoms in total. The van der Waals surface area contributed by atoms with Crippen LogP contribution in [0.3, 0.4) is 0 Å². The highest BCUT2D eigenvalue weighted by Crippen LogP contribution is 2.56. The van der Waals surface area contributed by atoms with E-state index in [4.69, 9.17) is 28.3 Å². The highest BCUT2D eigenvalue weighted by Gasteiger charge is 2.45. The molecule has 56 heavy (non-hydrogen) atoms. The van der Waals surface area contributed by atoms with Crippen LogP contribution in [0.5, 0.6) is 34.5 Å². The van der Waals surface area contributed by atoms with Crippen LogP contribution in [0.1, 0.15) is 115 Å². The van der Waals surface area contributed by atoms with Crippen molar-refractivity contribution in [1.29, 1.82) is 0 Å². The second-order valence-electron chi connectivity index (χ2n) is 17.3. The number of fused-ring (bicyclic) bond motifs is 6. The van der Waals surface area contributed by atoms with Crippen molar-refractivity contribution in [3.8, 4) is 34.5 Å². The van der Waals surface area contributed by atoms with Gasteiger partial charge in [0.05, 0.1) is 39.2 Å². The van der Waals surface area contributed by atoms with Gasteiger partial charge in [-0.3, -0.25) is 9.59 Å². The largest absolute Gasteiger partial charge is 0.560 e. The van der Waals surface area contributed by atoms with Crippen LogP contribution in [-0.2, 0) is 12.8 Å². The van der Waals surface area contributed by atoms with Crippen molar-refractivity contribution in [3.05, 3.63) is 43.7 Å². The molecule has 4 heterocycles. The van der Waals surface area contributed by atoms with Crippen LogP contribution in [0.2, 0.25) is 23.3 Å². The van der Waals surface area contributed by atoms with Crippen molar-refractivity contribution in [2.24, 2.45) is 0 Å². The minimum absolute atomic E-state index is 0.0337. The third-order valence-electron chi connectivity index (χ3n) is 14.4. The van der Waals surface area contributed by atoms with E-state index >= 15 is 9.59 Å². The Morgan fingerprint density at radius 3 is 1.09 bits per heavy atom. The van der Waals surface area contributed by atoms with E-state index in [-0.39, 0.29) is 24.7 Å². The number of ether oxygens (including phenoxy) is 4. The van der Waals surface area contributed by atoms with Gasteiger partial charge in [-0.1, -0.05) is 104 Å². The molecule has 0 radical (unpaired) electrons. The molecule has 0 saturated carbocycles. The van der Waals surface area contributed by atoms with Gasteiger partial charge in [0, 0.05) is 44.8 Å². The Kier molecular flexibility index (Phi) is 10.1. The Bertz CT molecular complexity index is 2200. The first-order valence-corrected chi connectivity index (χ1v) is 21.6. The maximum absolute atomic E-state index is 15.1. The molecule has 0 N–H and O–H groups in total. The van der Waals surface area contributed by atoms with Crippen LogP contribution in [0.15, 0.2) is 21.7 Å². The van der Waals surface area contributed by atoms with E-state index in [1.54, 1.807) is 28.4 Å². The van der Waals surface area contributed by atoms with Crippen molar-refractivity contribution in [3.63, 3.8) is 0 Å². The second-order valence-corrected chi connectivity index (χ2v) is 17.3. The van der Waals surface area contributed by atoms with Crippen LogP contribution in [0.25, 0.3) is 43.1 Å². The first-order valence-electron chi connectivity index (χ1n) is 21.6. The van der Waals surface area contributed by atoms with Gasteiger partial charge in [-0.15, -0.1) is 0 Å². The average molecular weight is 759 g/mol. The predicted molar refractivity (Wildman–Crippen MR) is 229 cm³/mol. The Morgan fingerprint density at radius 2 is 0.804 bits per heavy atom. The normalized spacial score (nSPS) is 22.3. The van der Waals surface area contributed by atoms with E-state index in [2.05, 4.69) is 13.8 Å². The van der Waals surface area contributed by atoms with Crippen molar-refractivity contribution >= 4 is 56.9 Å². The Balaban J connectivity index is 1.47. The van der Waals surface area contributed by atoms with Crippen molar-refractivity contribution < 1.29 is 28.3 Å². The molecule has 0 aliphatic carbocycles. The standard InChI is InChI=1S/C46H56B2O8/c1-7-13-29-35-36-30(14-8-2)46(54-6)44(50)40-34(56-48-27-19-11-20-28(48)22-12-21-27)24-32(52-4)38(42(36)40)37-31(51-3)23-33(39(41(35)37)43(49)45(29)53-5)55-47-25-15-9-16-26(47)18-10-17-25/h23-28H,7-22H2,1-6H3. The minimum Gasteiger partial charge on any atom is -0.560 e. The summed E-state index contributed by atoms with van der Waals surface area (Å²) in [5.41, 5.74) is 1.31. The first kappa shape index (κ1) is 37.5. The van der Waals surface area contributed by atoms with Crippen molar-refractivity contribution in [1.82, 2.24) is 0 Å². The lowest BCUT2D eigenvalue weighted by atomic mass is 9.38. The van der Waals surface area contributed by atoms with Gasteiger partial charge in [-0.2, -0.15) is 0 Å². The van der Waals surface area contributed by atoms with Gasteiger partial charge in [0.1, 0.15) is 23.0 Å². The Hall–Kier alpha value is -4.07. The molecule has 0 amide bonds. The highest BCUT2D eigenvalue weighted by atomic mass is 16.5. The molecule has 4 fully saturated rings. The van der Waals surface area contributed by atoms with Gasteiger partial charge in [-0.05, 0) is 46.9 Å². The Morgan fingerprint density at radius 1 is 0.464 bits per heavy atom. The molecule has 4 aliphatic heterocycles. The molecule has 4 saturated heterocycles. The minimum atomic E-state index is -0.179. The van der Waals surface area contributed by atoms with E-state index < -0.39 is 0 Å². The second kappa shape index (κ2) is 15.0. The lowest BCUT2D eigenvalue weighted by Crippen LogP contribution is -2.40. The van der Waals surface area contributed by atoms with Crippen molar-refractivity contribution in [2.45, 2.75) is 140 Å². The van der Waals surface area contributed by atoms with Crippen LogP contribution in [-0.4, -0.2) is 42.3 Å². The van der Waals surface area contributed by atoms with Crippen LogP contribution in [0.4, 0.5) is 0 Å². The Labute approximate surface area is 330 Å². The maximum atomic E-state index is 15.1. The number of rotatable bonds is 12. The molecule has 294 valence electrons. The number of hydrogen-bond donors (Lipinski definition) is 0. The van der Waals surface area contributed by atoms with E-state index in [0.29, 0.717) is 81.4 Å². The number of methoxy groups -OCH3 is 4. The summed E-state index contributed by atoms with van der Waals surface area (Å²) in [6, 6.07) is 3.84. The third kappa shape index (κ3) is 5.61. The smallest absolute Gasteiger partial charge is 0.364 e. The van der Waals surface area contributed by atoms with Gasteiger partial charge in [0.25, 0.3) is 0 Å². The van der Waals surface area contributed by atoms with Crippen LogP contribution in [0, 0.1) is 0 Å². The molecule has 0 aromatic heterocycles. The van der Waals surface area contributed by atoms with E-state index in [0.717, 1.165) is 108 Å². The molecular formula is C46H56B2O8. The first-order chi connectivity index (χ1) is 27.4. The molecule has 4 aliphatic rings. The monoisotopic (exact) mass is 758 g/mol.